The Morgan fingerprint density at radius 3 is 2.61 bits per heavy atom. The van der Waals surface area contributed by atoms with Crippen LogP contribution in [0.15, 0.2) is 30.3 Å². The molecule has 3 rings (SSSR count). The largest absolute Gasteiger partial charge is 0.374 e. The third-order valence-electron chi connectivity index (χ3n) is 3.76. The molecule has 3 aromatic rings. The first-order valence-electron chi connectivity index (χ1n) is 7.55. The second-order valence-corrected chi connectivity index (χ2v) is 5.65. The molecule has 0 aliphatic rings. The molecule has 2 aromatic heterocycles. The number of hydrogen-bond acceptors (Lipinski definition) is 4. The van der Waals surface area contributed by atoms with Crippen LogP contribution in [-0.2, 0) is 11.3 Å². The lowest BCUT2D eigenvalue weighted by Gasteiger charge is -2.14. The van der Waals surface area contributed by atoms with Crippen molar-refractivity contribution in [1.29, 1.82) is 0 Å². The fourth-order valence-corrected chi connectivity index (χ4v) is 2.72. The van der Waals surface area contributed by atoms with Crippen LogP contribution >= 0.6 is 11.6 Å². The summed E-state index contributed by atoms with van der Waals surface area (Å²) in [5, 5.41) is 0.412. The van der Waals surface area contributed by atoms with E-state index < -0.39 is 0 Å². The summed E-state index contributed by atoms with van der Waals surface area (Å²) in [6, 6.07) is 9.95. The van der Waals surface area contributed by atoms with Gasteiger partial charge in [0.1, 0.15) is 12.1 Å². The number of hydrogen-bond donors (Lipinski definition) is 1. The highest BCUT2D eigenvalue weighted by molar-refractivity contribution is 6.33. The van der Waals surface area contributed by atoms with Crippen molar-refractivity contribution in [3.05, 3.63) is 52.6 Å². The van der Waals surface area contributed by atoms with Gasteiger partial charge in [-0.3, -0.25) is 5.43 Å². The molecule has 0 saturated carbocycles. The Bertz CT molecular complexity index is 830. The van der Waals surface area contributed by atoms with Gasteiger partial charge in [-0.05, 0) is 38.5 Å². The summed E-state index contributed by atoms with van der Waals surface area (Å²) in [6.45, 7) is 6.96. The van der Waals surface area contributed by atoms with Crippen molar-refractivity contribution in [1.82, 2.24) is 14.6 Å². The average Bonchev–Trinajstić information content (AvgIpc) is 2.91. The first-order valence-corrected chi connectivity index (χ1v) is 7.93. The SMILES string of the molecule is CCOCc1nc2c(Cl)nc(C)c(C)c2n1Nc1ccccc1. The zero-order chi connectivity index (χ0) is 16.4. The summed E-state index contributed by atoms with van der Waals surface area (Å²) in [7, 11) is 0. The van der Waals surface area contributed by atoms with E-state index in [9.17, 15) is 0 Å². The van der Waals surface area contributed by atoms with Gasteiger partial charge in [0.05, 0.1) is 11.2 Å². The molecule has 6 heteroatoms. The summed E-state index contributed by atoms with van der Waals surface area (Å²) in [6.07, 6.45) is 0. The van der Waals surface area contributed by atoms with E-state index in [0.717, 1.165) is 28.3 Å². The first-order chi connectivity index (χ1) is 11.1. The summed E-state index contributed by atoms with van der Waals surface area (Å²) in [4.78, 5) is 8.99. The molecule has 0 saturated heterocycles. The Morgan fingerprint density at radius 1 is 1.17 bits per heavy atom. The molecule has 0 atom stereocenters. The maximum absolute atomic E-state index is 6.30. The van der Waals surface area contributed by atoms with Gasteiger partial charge in [0.15, 0.2) is 11.0 Å². The number of nitrogens with one attached hydrogen (secondary N) is 1. The number of aryl methyl sites for hydroxylation is 2. The number of pyridine rings is 1. The van der Waals surface area contributed by atoms with Gasteiger partial charge in [-0.1, -0.05) is 29.8 Å². The fourth-order valence-electron chi connectivity index (χ4n) is 2.46. The van der Waals surface area contributed by atoms with Crippen LogP contribution in [-0.4, -0.2) is 21.3 Å². The second kappa shape index (κ2) is 6.56. The van der Waals surface area contributed by atoms with Crippen molar-refractivity contribution >= 4 is 28.3 Å². The molecular formula is C17H19ClN4O. The minimum atomic E-state index is 0.403. The van der Waals surface area contributed by atoms with E-state index in [2.05, 4.69) is 15.4 Å². The molecule has 0 fully saturated rings. The number of rotatable bonds is 5. The van der Waals surface area contributed by atoms with Crippen molar-refractivity contribution in [3.8, 4) is 0 Å². The number of fused-ring (bicyclic) bond motifs is 1. The van der Waals surface area contributed by atoms with Gasteiger partial charge in [-0.2, -0.15) is 0 Å². The molecule has 2 heterocycles. The molecule has 0 amide bonds. The van der Waals surface area contributed by atoms with Crippen molar-refractivity contribution in [2.24, 2.45) is 0 Å². The smallest absolute Gasteiger partial charge is 0.157 e. The van der Waals surface area contributed by atoms with Crippen LogP contribution in [0.4, 0.5) is 5.69 Å². The van der Waals surface area contributed by atoms with Gasteiger partial charge in [0.25, 0.3) is 0 Å². The lowest BCUT2D eigenvalue weighted by atomic mass is 10.2. The number of ether oxygens (including phenoxy) is 1. The van der Waals surface area contributed by atoms with Crippen LogP contribution in [0.2, 0.25) is 5.15 Å². The summed E-state index contributed by atoms with van der Waals surface area (Å²) in [5.41, 5.74) is 7.91. The van der Waals surface area contributed by atoms with Crippen LogP contribution in [0.25, 0.3) is 11.0 Å². The molecule has 1 N–H and O–H groups in total. The van der Waals surface area contributed by atoms with Gasteiger partial charge in [0.2, 0.25) is 0 Å². The highest BCUT2D eigenvalue weighted by Gasteiger charge is 2.18. The number of para-hydroxylation sites is 1. The highest BCUT2D eigenvalue weighted by Crippen LogP contribution is 2.27. The molecular weight excluding hydrogens is 312 g/mol. The monoisotopic (exact) mass is 330 g/mol. The number of halogens is 1. The topological polar surface area (TPSA) is 52.0 Å². The average molecular weight is 331 g/mol. The zero-order valence-electron chi connectivity index (χ0n) is 13.4. The minimum absolute atomic E-state index is 0.403. The Kier molecular flexibility index (Phi) is 4.50. The maximum atomic E-state index is 6.30. The van der Waals surface area contributed by atoms with E-state index in [4.69, 9.17) is 16.3 Å². The number of nitrogens with zero attached hydrogens (tertiary/aromatic N) is 3. The summed E-state index contributed by atoms with van der Waals surface area (Å²) in [5.74, 6) is 0.767. The molecule has 0 aliphatic carbocycles. The van der Waals surface area contributed by atoms with E-state index in [1.807, 2.05) is 55.8 Å². The molecule has 120 valence electrons. The van der Waals surface area contributed by atoms with E-state index in [1.165, 1.54) is 0 Å². The lowest BCUT2D eigenvalue weighted by Crippen LogP contribution is -2.14. The number of imidazole rings is 1. The van der Waals surface area contributed by atoms with Crippen LogP contribution in [0.3, 0.4) is 0 Å². The van der Waals surface area contributed by atoms with Crippen molar-refractivity contribution in [2.45, 2.75) is 27.4 Å². The lowest BCUT2D eigenvalue weighted by molar-refractivity contribution is 0.127. The van der Waals surface area contributed by atoms with Crippen LogP contribution in [0.1, 0.15) is 24.0 Å². The Balaban J connectivity index is 2.18. The van der Waals surface area contributed by atoms with Gasteiger partial charge in [-0.25, -0.2) is 14.6 Å². The quantitative estimate of drug-likeness (QED) is 0.715. The first kappa shape index (κ1) is 15.8. The molecule has 0 radical (unpaired) electrons. The molecule has 0 spiro atoms. The van der Waals surface area contributed by atoms with Crippen molar-refractivity contribution < 1.29 is 4.74 Å². The predicted octanol–water partition coefficient (Wildman–Crippen LogP) is 4.11. The molecule has 1 aromatic carbocycles. The van der Waals surface area contributed by atoms with Crippen LogP contribution in [0, 0.1) is 13.8 Å². The van der Waals surface area contributed by atoms with Crippen LogP contribution in [0.5, 0.6) is 0 Å². The standard InChI is InChI=1S/C17H19ClN4O/c1-4-23-10-14-20-15-16(11(2)12(3)19-17(15)18)22(14)21-13-8-6-5-7-9-13/h5-9,21H,4,10H2,1-3H3. The Labute approximate surface area is 140 Å². The zero-order valence-corrected chi connectivity index (χ0v) is 14.2. The van der Waals surface area contributed by atoms with Gasteiger partial charge >= 0.3 is 0 Å². The normalized spacial score (nSPS) is 11.1. The molecule has 0 aliphatic heterocycles. The Hall–Kier alpha value is -2.11. The molecule has 0 unspecified atom stereocenters. The van der Waals surface area contributed by atoms with Crippen LogP contribution < -0.4 is 5.43 Å². The minimum Gasteiger partial charge on any atom is -0.374 e. The maximum Gasteiger partial charge on any atom is 0.157 e. The van der Waals surface area contributed by atoms with Gasteiger partial charge < -0.3 is 4.74 Å². The fraction of sp³-hybridized carbons (Fsp3) is 0.294. The van der Waals surface area contributed by atoms with Crippen molar-refractivity contribution in [2.75, 3.05) is 12.0 Å². The van der Waals surface area contributed by atoms with Gasteiger partial charge in [-0.15, -0.1) is 0 Å². The predicted molar refractivity (Wildman–Crippen MR) is 92.8 cm³/mol. The summed E-state index contributed by atoms with van der Waals surface area (Å²) >= 11 is 6.30. The number of anilines is 1. The third kappa shape index (κ3) is 3.02. The van der Waals surface area contributed by atoms with Gasteiger partial charge in [0, 0.05) is 12.3 Å². The molecule has 5 nitrogen and oxygen atoms in total. The third-order valence-corrected chi connectivity index (χ3v) is 4.02. The second-order valence-electron chi connectivity index (χ2n) is 5.29. The van der Waals surface area contributed by atoms with E-state index in [0.29, 0.717) is 23.9 Å². The van der Waals surface area contributed by atoms with Crippen molar-refractivity contribution in [3.63, 3.8) is 0 Å². The highest BCUT2D eigenvalue weighted by atomic mass is 35.5. The van der Waals surface area contributed by atoms with E-state index in [1.54, 1.807) is 0 Å². The van der Waals surface area contributed by atoms with E-state index in [-0.39, 0.29) is 0 Å². The number of aromatic nitrogens is 3. The Morgan fingerprint density at radius 2 is 1.91 bits per heavy atom. The molecule has 0 bridgehead atoms. The number of benzene rings is 1. The summed E-state index contributed by atoms with van der Waals surface area (Å²) < 4.78 is 7.49. The van der Waals surface area contributed by atoms with E-state index >= 15 is 0 Å². The molecule has 23 heavy (non-hydrogen) atoms.